The average molecular weight is 365 g/mol. The second-order valence-electron chi connectivity index (χ2n) is 5.96. The van der Waals surface area contributed by atoms with Crippen LogP contribution >= 0.6 is 0 Å². The second kappa shape index (κ2) is 7.74. The number of rotatable bonds is 6. The number of ketones is 1. The highest BCUT2D eigenvalue weighted by Crippen LogP contribution is 2.22. The number of nitrogens with two attached hydrogens (primary N) is 1. The zero-order chi connectivity index (χ0) is 19.4. The quantitative estimate of drug-likeness (QED) is 0.459. The van der Waals surface area contributed by atoms with E-state index in [0.717, 1.165) is 22.9 Å². The van der Waals surface area contributed by atoms with Crippen LogP contribution in [0.15, 0.2) is 48.7 Å². The van der Waals surface area contributed by atoms with Crippen LogP contribution in [0, 0.1) is 0 Å². The number of aromatic nitrogens is 1. The normalized spacial score (nSPS) is 10.6. The van der Waals surface area contributed by atoms with Crippen molar-refractivity contribution >= 4 is 34.4 Å². The molecule has 0 spiro atoms. The van der Waals surface area contributed by atoms with Gasteiger partial charge in [0, 0.05) is 28.4 Å². The van der Waals surface area contributed by atoms with Gasteiger partial charge in [0.25, 0.3) is 0 Å². The van der Waals surface area contributed by atoms with E-state index in [0.29, 0.717) is 11.3 Å². The molecule has 0 aliphatic heterocycles. The smallest absolute Gasteiger partial charge is 0.338 e. The molecule has 2 amide bonds. The predicted octanol–water partition coefficient (Wildman–Crippen LogP) is 3.26. The molecule has 3 rings (SSSR count). The summed E-state index contributed by atoms with van der Waals surface area (Å²) in [5.41, 5.74) is 8.29. The lowest BCUT2D eigenvalue weighted by Gasteiger charge is -2.06. The van der Waals surface area contributed by atoms with Gasteiger partial charge in [-0.15, -0.1) is 0 Å². The van der Waals surface area contributed by atoms with Crippen molar-refractivity contribution in [2.75, 3.05) is 11.9 Å². The van der Waals surface area contributed by atoms with Gasteiger partial charge >= 0.3 is 12.0 Å². The first-order valence-electron chi connectivity index (χ1n) is 8.45. The number of primary amides is 1. The number of fused-ring (bicyclic) bond motifs is 1. The summed E-state index contributed by atoms with van der Waals surface area (Å²) in [6.45, 7) is 1.69. The number of hydrogen-bond donors (Lipinski definition) is 3. The van der Waals surface area contributed by atoms with Crippen molar-refractivity contribution in [3.63, 3.8) is 0 Å². The van der Waals surface area contributed by atoms with Gasteiger partial charge in [-0.05, 0) is 36.2 Å². The number of hydrogen-bond acceptors (Lipinski definition) is 4. The van der Waals surface area contributed by atoms with Gasteiger partial charge in [0.2, 0.25) is 5.78 Å². The lowest BCUT2D eigenvalue weighted by molar-refractivity contribution is 0.0475. The van der Waals surface area contributed by atoms with Crippen molar-refractivity contribution in [3.05, 3.63) is 65.4 Å². The molecule has 0 saturated heterocycles. The minimum atomic E-state index is -0.694. The van der Waals surface area contributed by atoms with Crippen LogP contribution in [-0.4, -0.2) is 29.4 Å². The van der Waals surface area contributed by atoms with E-state index < -0.39 is 12.0 Å². The summed E-state index contributed by atoms with van der Waals surface area (Å²) in [5, 5.41) is 3.21. The summed E-state index contributed by atoms with van der Waals surface area (Å²) in [6, 6.07) is 11.1. The summed E-state index contributed by atoms with van der Waals surface area (Å²) >= 11 is 0. The molecule has 2 aromatic carbocycles. The molecule has 0 aliphatic rings. The number of benzene rings is 2. The molecule has 1 aromatic heterocycles. The minimum Gasteiger partial charge on any atom is -0.454 e. The maximum atomic E-state index is 12.5. The molecule has 27 heavy (non-hydrogen) atoms. The molecule has 0 radical (unpaired) electrons. The van der Waals surface area contributed by atoms with E-state index in [9.17, 15) is 14.4 Å². The molecule has 0 unspecified atom stereocenters. The Kier molecular flexibility index (Phi) is 5.21. The number of Topliss-reactive ketones (excluding diaryl/α,β-unsaturated/α-hetero) is 1. The number of aryl methyl sites for hydroxylation is 1. The number of esters is 1. The van der Waals surface area contributed by atoms with Gasteiger partial charge in [0.1, 0.15) is 0 Å². The van der Waals surface area contributed by atoms with Crippen LogP contribution in [0.2, 0.25) is 0 Å². The number of para-hydroxylation sites is 1. The maximum absolute atomic E-state index is 12.5. The Balaban J connectivity index is 1.67. The largest absolute Gasteiger partial charge is 0.454 e. The Hall–Kier alpha value is -3.61. The average Bonchev–Trinajstić information content (AvgIpc) is 3.10. The Morgan fingerprint density at radius 2 is 1.85 bits per heavy atom. The fourth-order valence-electron chi connectivity index (χ4n) is 2.87. The minimum absolute atomic E-state index is 0.269. The van der Waals surface area contributed by atoms with E-state index in [4.69, 9.17) is 10.5 Å². The fourth-order valence-corrected chi connectivity index (χ4v) is 2.87. The van der Waals surface area contributed by atoms with Gasteiger partial charge in [-0.25, -0.2) is 9.59 Å². The van der Waals surface area contributed by atoms with Crippen LogP contribution in [0.25, 0.3) is 10.9 Å². The molecular formula is C20H19N3O4. The molecule has 0 saturated carbocycles. The summed E-state index contributed by atoms with van der Waals surface area (Å²) in [4.78, 5) is 38.5. The standard InChI is InChI=1S/C20H19N3O4/c1-2-12-4-3-5-15-16(10-22-18(12)15)17(24)11-27-19(25)13-6-8-14(9-7-13)23-20(21)26/h3-10,22H,2,11H2,1H3,(H3,21,23,26). The lowest BCUT2D eigenvalue weighted by Crippen LogP contribution is -2.19. The van der Waals surface area contributed by atoms with Gasteiger partial charge in [-0.2, -0.15) is 0 Å². The Morgan fingerprint density at radius 1 is 1.11 bits per heavy atom. The van der Waals surface area contributed by atoms with Crippen molar-refractivity contribution in [1.82, 2.24) is 4.98 Å². The third-order valence-corrected chi connectivity index (χ3v) is 4.21. The number of amides is 2. The van der Waals surface area contributed by atoms with Gasteiger partial charge in [-0.1, -0.05) is 25.1 Å². The summed E-state index contributed by atoms with van der Waals surface area (Å²) in [6.07, 6.45) is 2.49. The molecule has 138 valence electrons. The SMILES string of the molecule is CCc1cccc2c(C(=O)COC(=O)c3ccc(NC(N)=O)cc3)c[nH]c12. The maximum Gasteiger partial charge on any atom is 0.338 e. The highest BCUT2D eigenvalue weighted by atomic mass is 16.5. The van der Waals surface area contributed by atoms with E-state index in [1.807, 2.05) is 25.1 Å². The van der Waals surface area contributed by atoms with Gasteiger partial charge in [0.05, 0.1) is 5.56 Å². The number of ether oxygens (including phenoxy) is 1. The molecule has 4 N–H and O–H groups in total. The molecule has 0 atom stereocenters. The monoisotopic (exact) mass is 365 g/mol. The van der Waals surface area contributed by atoms with Crippen molar-refractivity contribution in [1.29, 1.82) is 0 Å². The lowest BCUT2D eigenvalue weighted by atomic mass is 10.1. The third kappa shape index (κ3) is 3.98. The van der Waals surface area contributed by atoms with E-state index in [-0.39, 0.29) is 18.0 Å². The van der Waals surface area contributed by atoms with Crippen LogP contribution in [0.3, 0.4) is 0 Å². The second-order valence-corrected chi connectivity index (χ2v) is 5.96. The van der Waals surface area contributed by atoms with E-state index in [1.54, 1.807) is 6.20 Å². The van der Waals surface area contributed by atoms with E-state index in [2.05, 4.69) is 10.3 Å². The molecule has 3 aromatic rings. The Morgan fingerprint density at radius 3 is 2.52 bits per heavy atom. The fraction of sp³-hybridized carbons (Fsp3) is 0.150. The molecule has 0 fully saturated rings. The first-order valence-corrected chi connectivity index (χ1v) is 8.45. The molecular weight excluding hydrogens is 346 g/mol. The number of nitrogens with one attached hydrogen (secondary N) is 2. The summed E-state index contributed by atoms with van der Waals surface area (Å²) in [7, 11) is 0. The highest BCUT2D eigenvalue weighted by molar-refractivity contribution is 6.09. The van der Waals surface area contributed by atoms with Gasteiger partial charge < -0.3 is 20.8 Å². The highest BCUT2D eigenvalue weighted by Gasteiger charge is 2.16. The molecule has 0 aliphatic carbocycles. The van der Waals surface area contributed by atoms with Crippen LogP contribution in [0.1, 0.15) is 33.2 Å². The van der Waals surface area contributed by atoms with Crippen molar-refractivity contribution in [2.45, 2.75) is 13.3 Å². The number of aromatic amines is 1. The molecule has 0 bridgehead atoms. The predicted molar refractivity (Wildman–Crippen MR) is 102 cm³/mol. The third-order valence-electron chi connectivity index (χ3n) is 4.21. The topological polar surface area (TPSA) is 114 Å². The van der Waals surface area contributed by atoms with Gasteiger partial charge in [0.15, 0.2) is 6.61 Å². The zero-order valence-electron chi connectivity index (χ0n) is 14.7. The Labute approximate surface area is 155 Å². The number of urea groups is 1. The summed E-state index contributed by atoms with van der Waals surface area (Å²) in [5.74, 6) is -0.905. The zero-order valence-corrected chi connectivity index (χ0v) is 14.7. The van der Waals surface area contributed by atoms with Crippen LogP contribution < -0.4 is 11.1 Å². The number of carbonyl (C=O) groups is 3. The van der Waals surface area contributed by atoms with Crippen LogP contribution in [0.4, 0.5) is 10.5 Å². The molecule has 1 heterocycles. The van der Waals surface area contributed by atoms with Crippen LogP contribution in [0.5, 0.6) is 0 Å². The first kappa shape index (κ1) is 18.2. The van der Waals surface area contributed by atoms with Crippen molar-refractivity contribution in [2.24, 2.45) is 5.73 Å². The first-order chi connectivity index (χ1) is 13.0. The van der Waals surface area contributed by atoms with Crippen molar-refractivity contribution < 1.29 is 19.1 Å². The number of H-pyrrole nitrogens is 1. The molecule has 7 heteroatoms. The van der Waals surface area contributed by atoms with E-state index in [1.165, 1.54) is 24.3 Å². The molecule has 7 nitrogen and oxygen atoms in total. The van der Waals surface area contributed by atoms with Crippen molar-refractivity contribution in [3.8, 4) is 0 Å². The number of carbonyl (C=O) groups excluding carboxylic acids is 3. The van der Waals surface area contributed by atoms with Gasteiger partial charge in [-0.3, -0.25) is 4.79 Å². The van der Waals surface area contributed by atoms with E-state index >= 15 is 0 Å². The Bertz CT molecular complexity index is 1010. The number of anilines is 1. The van der Waals surface area contributed by atoms with Crippen LogP contribution in [-0.2, 0) is 11.2 Å². The summed E-state index contributed by atoms with van der Waals surface area (Å²) < 4.78 is 5.13.